The zero-order chi connectivity index (χ0) is 13.0. The summed E-state index contributed by atoms with van der Waals surface area (Å²) in [7, 11) is 0. The van der Waals surface area contributed by atoms with Gasteiger partial charge >= 0.3 is 0 Å². The Morgan fingerprint density at radius 3 is 2.61 bits per heavy atom. The van der Waals surface area contributed by atoms with Gasteiger partial charge in [0.15, 0.2) is 0 Å². The standard InChI is InChI=1S/C16H18FN/c1-2-3-12-4-6-13(7-5-12)14-8-9-15(11-18)16(17)10-14/h2,8-10,12-13H,1,3-7H2. The lowest BCUT2D eigenvalue weighted by atomic mass is 9.77. The van der Waals surface area contributed by atoms with Crippen molar-refractivity contribution in [1.29, 1.82) is 5.26 Å². The first kappa shape index (κ1) is 12.8. The molecular weight excluding hydrogens is 225 g/mol. The molecule has 0 N–H and O–H groups in total. The van der Waals surface area contributed by atoms with E-state index in [9.17, 15) is 4.39 Å². The third-order valence-electron chi connectivity index (χ3n) is 3.93. The SMILES string of the molecule is C=CCC1CCC(c2ccc(C#N)c(F)c2)CC1. The predicted octanol–water partition coefficient (Wildman–Crippen LogP) is 4.55. The number of benzene rings is 1. The average molecular weight is 243 g/mol. The molecule has 1 saturated carbocycles. The second kappa shape index (κ2) is 5.82. The van der Waals surface area contributed by atoms with Crippen LogP contribution < -0.4 is 0 Å². The molecule has 0 heterocycles. The molecule has 0 saturated heterocycles. The maximum atomic E-state index is 13.6. The topological polar surface area (TPSA) is 23.8 Å². The molecule has 0 bridgehead atoms. The lowest BCUT2D eigenvalue weighted by molar-refractivity contribution is 0.328. The Morgan fingerprint density at radius 1 is 1.33 bits per heavy atom. The number of allylic oxidation sites excluding steroid dienone is 1. The highest BCUT2D eigenvalue weighted by Crippen LogP contribution is 2.37. The summed E-state index contributed by atoms with van der Waals surface area (Å²) in [4.78, 5) is 0. The summed E-state index contributed by atoms with van der Waals surface area (Å²) in [5, 5.41) is 8.71. The molecule has 0 unspecified atom stereocenters. The number of halogens is 1. The number of nitrogens with zero attached hydrogens (tertiary/aromatic N) is 1. The first-order chi connectivity index (χ1) is 8.74. The lowest BCUT2D eigenvalue weighted by Crippen LogP contribution is -2.13. The maximum Gasteiger partial charge on any atom is 0.141 e. The molecular formula is C16H18FN. The normalized spacial score (nSPS) is 23.3. The van der Waals surface area contributed by atoms with Gasteiger partial charge in [-0.05, 0) is 61.6 Å². The predicted molar refractivity (Wildman–Crippen MR) is 70.6 cm³/mol. The first-order valence-electron chi connectivity index (χ1n) is 6.55. The van der Waals surface area contributed by atoms with E-state index in [1.165, 1.54) is 18.9 Å². The van der Waals surface area contributed by atoms with Gasteiger partial charge in [-0.1, -0.05) is 12.1 Å². The van der Waals surface area contributed by atoms with E-state index < -0.39 is 0 Å². The highest BCUT2D eigenvalue weighted by atomic mass is 19.1. The van der Waals surface area contributed by atoms with Gasteiger partial charge in [0, 0.05) is 0 Å². The summed E-state index contributed by atoms with van der Waals surface area (Å²) in [6.45, 7) is 3.78. The average Bonchev–Trinajstić information content (AvgIpc) is 2.40. The number of nitriles is 1. The zero-order valence-electron chi connectivity index (χ0n) is 10.5. The molecule has 1 aromatic carbocycles. The van der Waals surface area contributed by atoms with Gasteiger partial charge in [-0.25, -0.2) is 4.39 Å². The molecule has 1 nitrogen and oxygen atoms in total. The van der Waals surface area contributed by atoms with Crippen molar-refractivity contribution in [3.8, 4) is 6.07 Å². The van der Waals surface area contributed by atoms with Crippen molar-refractivity contribution in [2.24, 2.45) is 5.92 Å². The van der Waals surface area contributed by atoms with E-state index in [4.69, 9.17) is 5.26 Å². The molecule has 18 heavy (non-hydrogen) atoms. The highest BCUT2D eigenvalue weighted by Gasteiger charge is 2.22. The van der Waals surface area contributed by atoms with Crippen LogP contribution in [0.1, 0.15) is 49.1 Å². The van der Waals surface area contributed by atoms with Gasteiger partial charge in [0.1, 0.15) is 11.9 Å². The Morgan fingerprint density at radius 2 is 2.06 bits per heavy atom. The molecule has 2 rings (SSSR count). The lowest BCUT2D eigenvalue weighted by Gasteiger charge is -2.28. The molecule has 0 aromatic heterocycles. The van der Waals surface area contributed by atoms with E-state index in [1.807, 2.05) is 18.2 Å². The van der Waals surface area contributed by atoms with Gasteiger partial charge in [0.2, 0.25) is 0 Å². The van der Waals surface area contributed by atoms with E-state index >= 15 is 0 Å². The molecule has 0 radical (unpaired) electrons. The quantitative estimate of drug-likeness (QED) is 0.714. The minimum Gasteiger partial charge on any atom is -0.206 e. The summed E-state index contributed by atoms with van der Waals surface area (Å²) in [5.41, 5.74) is 1.18. The van der Waals surface area contributed by atoms with E-state index in [-0.39, 0.29) is 11.4 Å². The zero-order valence-corrected chi connectivity index (χ0v) is 10.5. The fourth-order valence-corrected chi connectivity index (χ4v) is 2.84. The van der Waals surface area contributed by atoms with Crippen LogP contribution in [0.5, 0.6) is 0 Å². The largest absolute Gasteiger partial charge is 0.206 e. The van der Waals surface area contributed by atoms with Crippen LogP contribution in [0.3, 0.4) is 0 Å². The highest BCUT2D eigenvalue weighted by molar-refractivity contribution is 5.34. The summed E-state index contributed by atoms with van der Waals surface area (Å²) in [5.74, 6) is 0.818. The second-order valence-electron chi connectivity index (χ2n) is 5.09. The van der Waals surface area contributed by atoms with Crippen LogP contribution in [0.15, 0.2) is 30.9 Å². The van der Waals surface area contributed by atoms with Gasteiger partial charge in [-0.15, -0.1) is 6.58 Å². The maximum absolute atomic E-state index is 13.6. The Balaban J connectivity index is 2.04. The van der Waals surface area contributed by atoms with E-state index in [0.29, 0.717) is 5.92 Å². The summed E-state index contributed by atoms with van der Waals surface area (Å²) >= 11 is 0. The van der Waals surface area contributed by atoms with Gasteiger partial charge in [0.05, 0.1) is 5.56 Å². The van der Waals surface area contributed by atoms with Gasteiger partial charge < -0.3 is 0 Å². The molecule has 1 aromatic rings. The smallest absolute Gasteiger partial charge is 0.141 e. The molecule has 1 fully saturated rings. The minimum absolute atomic E-state index is 0.138. The number of hydrogen-bond acceptors (Lipinski definition) is 1. The van der Waals surface area contributed by atoms with Crippen molar-refractivity contribution >= 4 is 0 Å². The molecule has 94 valence electrons. The second-order valence-corrected chi connectivity index (χ2v) is 5.09. The first-order valence-corrected chi connectivity index (χ1v) is 6.55. The monoisotopic (exact) mass is 243 g/mol. The number of hydrogen-bond donors (Lipinski definition) is 0. The fraction of sp³-hybridized carbons (Fsp3) is 0.438. The molecule has 0 atom stereocenters. The molecule has 1 aliphatic carbocycles. The number of rotatable bonds is 3. The molecule has 0 spiro atoms. The van der Waals surface area contributed by atoms with Crippen LogP contribution in [0.2, 0.25) is 0 Å². The van der Waals surface area contributed by atoms with Gasteiger partial charge in [-0.2, -0.15) is 5.26 Å². The minimum atomic E-state index is -0.386. The van der Waals surface area contributed by atoms with E-state index in [0.717, 1.165) is 30.7 Å². The molecule has 2 heteroatoms. The van der Waals surface area contributed by atoms with Crippen molar-refractivity contribution in [1.82, 2.24) is 0 Å². The van der Waals surface area contributed by atoms with Gasteiger partial charge in [-0.3, -0.25) is 0 Å². The van der Waals surface area contributed by atoms with E-state index in [1.54, 1.807) is 6.07 Å². The van der Waals surface area contributed by atoms with Crippen molar-refractivity contribution < 1.29 is 4.39 Å². The Hall–Kier alpha value is -1.62. The third kappa shape index (κ3) is 2.79. The van der Waals surface area contributed by atoms with Crippen LogP contribution in [-0.2, 0) is 0 Å². The Kier molecular flexibility index (Phi) is 4.15. The van der Waals surface area contributed by atoms with Crippen molar-refractivity contribution in [2.75, 3.05) is 0 Å². The van der Waals surface area contributed by atoms with Crippen molar-refractivity contribution in [3.63, 3.8) is 0 Å². The van der Waals surface area contributed by atoms with Crippen LogP contribution >= 0.6 is 0 Å². The summed E-state index contributed by atoms with van der Waals surface area (Å²) < 4.78 is 13.6. The summed E-state index contributed by atoms with van der Waals surface area (Å²) in [6, 6.07) is 6.90. The Labute approximate surface area is 108 Å². The summed E-state index contributed by atoms with van der Waals surface area (Å²) in [6.07, 6.45) is 7.70. The molecule has 0 amide bonds. The van der Waals surface area contributed by atoms with Crippen molar-refractivity contribution in [2.45, 2.75) is 38.0 Å². The Bertz CT molecular complexity index is 464. The third-order valence-corrected chi connectivity index (χ3v) is 3.93. The molecule has 1 aliphatic rings. The van der Waals surface area contributed by atoms with Crippen molar-refractivity contribution in [3.05, 3.63) is 47.8 Å². The van der Waals surface area contributed by atoms with Crippen LogP contribution in [0.25, 0.3) is 0 Å². The van der Waals surface area contributed by atoms with Crippen LogP contribution in [0, 0.1) is 23.1 Å². The van der Waals surface area contributed by atoms with E-state index in [2.05, 4.69) is 6.58 Å². The molecule has 0 aliphatic heterocycles. The fourth-order valence-electron chi connectivity index (χ4n) is 2.84. The van der Waals surface area contributed by atoms with Crippen LogP contribution in [0.4, 0.5) is 4.39 Å². The van der Waals surface area contributed by atoms with Crippen LogP contribution in [-0.4, -0.2) is 0 Å². The van der Waals surface area contributed by atoms with Gasteiger partial charge in [0.25, 0.3) is 0 Å².